The van der Waals surface area contributed by atoms with Gasteiger partial charge in [-0.15, -0.1) is 0 Å². The Labute approximate surface area is 356 Å². The van der Waals surface area contributed by atoms with Gasteiger partial charge in [0, 0.05) is 40.0 Å². The first kappa shape index (κ1) is 38.4. The van der Waals surface area contributed by atoms with E-state index in [4.69, 9.17) is 15.0 Å². The standard InChI is InChI=1S/C56H41N5/c1-4-46-50-30-31-58-37-52(50)54(60-53(46)5-2)51-29-28-47(48-26-15-16-27-49(48)51)45-33-38(32-44(35-45)43-25-17-24-42(34-43)39-18-9-6-10-19-39)36-59-56(41-22-13-8-14-23-41)61-55(57-3)40-20-11-7-12-21-40/h4-35,37H,1-3,36H2. The van der Waals surface area contributed by atoms with E-state index in [1.165, 1.54) is 5.56 Å². The maximum atomic E-state index is 5.20. The highest BCUT2D eigenvalue weighted by Crippen LogP contribution is 2.40. The zero-order valence-electron chi connectivity index (χ0n) is 33.6. The normalized spacial score (nSPS) is 11.7. The first-order chi connectivity index (χ1) is 30.1. The third kappa shape index (κ3) is 7.88. The first-order valence-corrected chi connectivity index (χ1v) is 20.2. The van der Waals surface area contributed by atoms with Crippen molar-refractivity contribution in [3.05, 3.63) is 229 Å². The lowest BCUT2D eigenvalue weighted by Gasteiger charge is -2.17. The van der Waals surface area contributed by atoms with Crippen LogP contribution in [0, 0.1) is 0 Å². The molecule has 2 heterocycles. The highest BCUT2D eigenvalue weighted by Gasteiger charge is 2.18. The number of nitrogens with zero attached hydrogens (tertiary/aromatic N) is 5. The SMILES string of the molecule is C=Cc1nc(-c2ccc(-c3cc(CN=C(N=C(N=C)c4ccccc4)c4ccccc4)cc(-c4cccc(-c5ccccc5)c4)c3)c3ccccc23)c2cnccc2c1C=C. The summed E-state index contributed by atoms with van der Waals surface area (Å²) in [6.07, 6.45) is 7.34. The lowest BCUT2D eigenvalue weighted by molar-refractivity contribution is 1.06. The molecule has 9 rings (SSSR count). The van der Waals surface area contributed by atoms with Crippen molar-refractivity contribution in [2.24, 2.45) is 15.0 Å². The second-order valence-electron chi connectivity index (χ2n) is 14.6. The Morgan fingerprint density at radius 3 is 1.79 bits per heavy atom. The zero-order chi connectivity index (χ0) is 41.5. The van der Waals surface area contributed by atoms with Crippen LogP contribution in [-0.4, -0.2) is 28.4 Å². The molecule has 0 amide bonds. The number of rotatable bonds is 10. The van der Waals surface area contributed by atoms with Crippen LogP contribution in [0.15, 0.2) is 216 Å². The van der Waals surface area contributed by atoms with Crippen molar-refractivity contribution < 1.29 is 0 Å². The molecular formula is C56H41N5. The Morgan fingerprint density at radius 1 is 0.508 bits per heavy atom. The van der Waals surface area contributed by atoms with Gasteiger partial charge in [-0.3, -0.25) is 9.98 Å². The van der Waals surface area contributed by atoms with Crippen molar-refractivity contribution in [3.8, 4) is 44.6 Å². The molecular weight excluding hydrogens is 743 g/mol. The lowest BCUT2D eigenvalue weighted by Crippen LogP contribution is -2.05. The van der Waals surface area contributed by atoms with Crippen LogP contribution in [0.1, 0.15) is 27.9 Å². The second kappa shape index (κ2) is 17.4. The number of pyridine rings is 2. The maximum Gasteiger partial charge on any atom is 0.161 e. The fourth-order valence-electron chi connectivity index (χ4n) is 7.97. The van der Waals surface area contributed by atoms with Crippen LogP contribution < -0.4 is 0 Å². The number of fused-ring (bicyclic) bond motifs is 2. The minimum atomic E-state index is 0.380. The largest absolute Gasteiger partial charge is 0.264 e. The van der Waals surface area contributed by atoms with Crippen molar-refractivity contribution in [3.63, 3.8) is 0 Å². The van der Waals surface area contributed by atoms with E-state index >= 15 is 0 Å². The first-order valence-electron chi connectivity index (χ1n) is 20.2. The average Bonchev–Trinajstić information content (AvgIpc) is 3.34. The molecule has 0 unspecified atom stereocenters. The van der Waals surface area contributed by atoms with E-state index in [1.54, 1.807) is 6.08 Å². The quantitative estimate of drug-likeness (QED) is 0.102. The van der Waals surface area contributed by atoms with Crippen molar-refractivity contribution in [1.82, 2.24) is 9.97 Å². The number of aliphatic imine (C=N–C) groups is 3. The van der Waals surface area contributed by atoms with Crippen LogP contribution in [0.3, 0.4) is 0 Å². The Morgan fingerprint density at radius 2 is 1.10 bits per heavy atom. The van der Waals surface area contributed by atoms with Crippen LogP contribution >= 0.6 is 0 Å². The molecule has 0 fully saturated rings. The number of amidine groups is 2. The van der Waals surface area contributed by atoms with Gasteiger partial charge in [0.15, 0.2) is 11.7 Å². The van der Waals surface area contributed by atoms with Crippen LogP contribution in [-0.2, 0) is 6.54 Å². The third-order valence-electron chi connectivity index (χ3n) is 10.9. The van der Waals surface area contributed by atoms with Gasteiger partial charge >= 0.3 is 0 Å². The molecule has 0 aliphatic carbocycles. The fourth-order valence-corrected chi connectivity index (χ4v) is 7.97. The molecule has 0 aliphatic rings. The Balaban J connectivity index is 1.22. The highest BCUT2D eigenvalue weighted by atomic mass is 15.0. The van der Waals surface area contributed by atoms with Crippen LogP contribution in [0.4, 0.5) is 0 Å². The van der Waals surface area contributed by atoms with Crippen LogP contribution in [0.25, 0.3) is 78.3 Å². The Hall–Kier alpha value is -8.15. The van der Waals surface area contributed by atoms with E-state index in [9.17, 15) is 0 Å². The fraction of sp³-hybridized carbons (Fsp3) is 0.0179. The van der Waals surface area contributed by atoms with Crippen molar-refractivity contribution in [1.29, 1.82) is 0 Å². The van der Waals surface area contributed by atoms with E-state index in [0.717, 1.165) is 88.6 Å². The van der Waals surface area contributed by atoms with Crippen molar-refractivity contribution in [2.75, 3.05) is 0 Å². The number of hydrogen-bond acceptors (Lipinski definition) is 3. The molecule has 0 atom stereocenters. The van der Waals surface area contributed by atoms with E-state index in [-0.39, 0.29) is 0 Å². The van der Waals surface area contributed by atoms with Gasteiger partial charge in [-0.05, 0) is 98.2 Å². The summed E-state index contributed by atoms with van der Waals surface area (Å²) in [5.74, 6) is 1.09. The van der Waals surface area contributed by atoms with E-state index in [2.05, 4.69) is 133 Å². The van der Waals surface area contributed by atoms with Crippen molar-refractivity contribution >= 4 is 52.1 Å². The summed E-state index contributed by atoms with van der Waals surface area (Å²) in [7, 11) is 0. The molecule has 61 heavy (non-hydrogen) atoms. The average molecular weight is 784 g/mol. The molecule has 7 aromatic carbocycles. The van der Waals surface area contributed by atoms with Gasteiger partial charge < -0.3 is 0 Å². The topological polar surface area (TPSA) is 62.9 Å². The van der Waals surface area contributed by atoms with Crippen molar-refractivity contribution in [2.45, 2.75) is 6.54 Å². The number of benzene rings is 7. The predicted octanol–water partition coefficient (Wildman–Crippen LogP) is 13.8. The molecule has 2 aromatic heterocycles. The zero-order valence-corrected chi connectivity index (χ0v) is 33.6. The third-order valence-corrected chi connectivity index (χ3v) is 10.9. The Kier molecular flexibility index (Phi) is 10.9. The molecule has 5 heteroatoms. The highest BCUT2D eigenvalue weighted by molar-refractivity contribution is 6.13. The summed E-state index contributed by atoms with van der Waals surface area (Å²) in [5, 5.41) is 4.18. The van der Waals surface area contributed by atoms with E-state index in [0.29, 0.717) is 18.2 Å². The summed E-state index contributed by atoms with van der Waals surface area (Å²) >= 11 is 0. The minimum Gasteiger partial charge on any atom is -0.264 e. The summed E-state index contributed by atoms with van der Waals surface area (Å²) in [4.78, 5) is 24.2. The van der Waals surface area contributed by atoms with Gasteiger partial charge in [-0.1, -0.05) is 165 Å². The summed E-state index contributed by atoms with van der Waals surface area (Å²) in [6.45, 7) is 12.4. The second-order valence-corrected chi connectivity index (χ2v) is 14.6. The molecule has 5 nitrogen and oxygen atoms in total. The molecule has 0 radical (unpaired) electrons. The van der Waals surface area contributed by atoms with Gasteiger partial charge in [0.25, 0.3) is 0 Å². The minimum absolute atomic E-state index is 0.380. The molecule has 0 spiro atoms. The molecule has 0 bridgehead atoms. The van der Waals surface area contributed by atoms with Gasteiger partial charge in [0.1, 0.15) is 0 Å². The monoisotopic (exact) mass is 783 g/mol. The van der Waals surface area contributed by atoms with E-state index in [1.807, 2.05) is 91.3 Å². The van der Waals surface area contributed by atoms with E-state index < -0.39 is 0 Å². The van der Waals surface area contributed by atoms with Crippen LogP contribution in [0.5, 0.6) is 0 Å². The predicted molar refractivity (Wildman–Crippen MR) is 258 cm³/mol. The molecule has 290 valence electrons. The molecule has 0 aliphatic heterocycles. The molecule has 0 N–H and O–H groups in total. The molecule has 9 aromatic rings. The molecule has 0 saturated carbocycles. The molecule has 0 saturated heterocycles. The lowest BCUT2D eigenvalue weighted by atomic mass is 9.89. The van der Waals surface area contributed by atoms with Gasteiger partial charge in [0.05, 0.1) is 17.9 Å². The van der Waals surface area contributed by atoms with Crippen LogP contribution in [0.2, 0.25) is 0 Å². The Bertz CT molecular complexity index is 3150. The maximum absolute atomic E-state index is 5.20. The summed E-state index contributed by atoms with van der Waals surface area (Å²) in [6, 6.07) is 60.9. The summed E-state index contributed by atoms with van der Waals surface area (Å²) in [5.41, 5.74) is 13.1. The van der Waals surface area contributed by atoms with Gasteiger partial charge in [-0.2, -0.15) is 0 Å². The summed E-state index contributed by atoms with van der Waals surface area (Å²) < 4.78 is 0. The number of hydrogen-bond donors (Lipinski definition) is 0. The smallest absolute Gasteiger partial charge is 0.161 e. The van der Waals surface area contributed by atoms with Gasteiger partial charge in [0.2, 0.25) is 0 Å². The van der Waals surface area contributed by atoms with Gasteiger partial charge in [-0.25, -0.2) is 15.0 Å². The number of aromatic nitrogens is 2.